The summed E-state index contributed by atoms with van der Waals surface area (Å²) in [7, 11) is 0. The van der Waals surface area contributed by atoms with E-state index in [0.29, 0.717) is 0 Å². The standard InChI is InChI=1S/C16H16N2O/c1-11-9-16(17-18(11)12(2)19)15-8-7-13-5-3-4-6-14(13)10-15/h3-10,12,19H,1-2H3. The zero-order chi connectivity index (χ0) is 13.4. The Hall–Kier alpha value is -2.13. The fraction of sp³-hybridized carbons (Fsp3) is 0.188. The number of aryl methyl sites for hydroxylation is 1. The van der Waals surface area contributed by atoms with Crippen LogP contribution in [0.3, 0.4) is 0 Å². The van der Waals surface area contributed by atoms with Crippen molar-refractivity contribution in [2.75, 3.05) is 0 Å². The van der Waals surface area contributed by atoms with Gasteiger partial charge in [-0.05, 0) is 36.8 Å². The topological polar surface area (TPSA) is 38.0 Å². The van der Waals surface area contributed by atoms with Gasteiger partial charge in [0.05, 0.1) is 5.69 Å². The van der Waals surface area contributed by atoms with Gasteiger partial charge in [-0.15, -0.1) is 0 Å². The summed E-state index contributed by atoms with van der Waals surface area (Å²) >= 11 is 0. The minimum Gasteiger partial charge on any atom is -0.372 e. The molecule has 0 bridgehead atoms. The molecule has 3 aromatic rings. The Morgan fingerprint density at radius 3 is 2.47 bits per heavy atom. The van der Waals surface area contributed by atoms with Gasteiger partial charge in [0.2, 0.25) is 0 Å². The smallest absolute Gasteiger partial charge is 0.144 e. The second-order valence-electron chi connectivity index (χ2n) is 4.81. The first-order chi connectivity index (χ1) is 9.15. The van der Waals surface area contributed by atoms with Gasteiger partial charge in [-0.2, -0.15) is 5.10 Å². The SMILES string of the molecule is Cc1cc(-c2ccc3ccccc3c2)nn1C(C)O. The van der Waals surface area contributed by atoms with E-state index in [9.17, 15) is 5.11 Å². The van der Waals surface area contributed by atoms with Crippen molar-refractivity contribution in [3.8, 4) is 11.3 Å². The van der Waals surface area contributed by atoms with Gasteiger partial charge < -0.3 is 5.11 Å². The van der Waals surface area contributed by atoms with Crippen LogP contribution in [0.15, 0.2) is 48.5 Å². The molecule has 1 aromatic heterocycles. The highest BCUT2D eigenvalue weighted by Gasteiger charge is 2.09. The van der Waals surface area contributed by atoms with Gasteiger partial charge in [0.25, 0.3) is 0 Å². The molecule has 96 valence electrons. The van der Waals surface area contributed by atoms with Crippen LogP contribution < -0.4 is 0 Å². The van der Waals surface area contributed by atoms with E-state index in [4.69, 9.17) is 0 Å². The normalized spacial score (nSPS) is 12.8. The molecule has 1 heterocycles. The first kappa shape index (κ1) is 11.9. The monoisotopic (exact) mass is 252 g/mol. The lowest BCUT2D eigenvalue weighted by atomic mass is 10.1. The molecule has 1 unspecified atom stereocenters. The number of aliphatic hydroxyl groups is 1. The quantitative estimate of drug-likeness (QED) is 0.757. The van der Waals surface area contributed by atoms with Crippen molar-refractivity contribution in [2.45, 2.75) is 20.1 Å². The summed E-state index contributed by atoms with van der Waals surface area (Å²) < 4.78 is 1.63. The van der Waals surface area contributed by atoms with Crippen LogP contribution in [-0.2, 0) is 0 Å². The number of hydrogen-bond acceptors (Lipinski definition) is 2. The van der Waals surface area contributed by atoms with Gasteiger partial charge in [-0.1, -0.05) is 36.4 Å². The van der Waals surface area contributed by atoms with Crippen LogP contribution in [0.4, 0.5) is 0 Å². The van der Waals surface area contributed by atoms with Gasteiger partial charge in [-0.3, -0.25) is 0 Å². The minimum absolute atomic E-state index is 0.603. The molecular formula is C16H16N2O. The second kappa shape index (κ2) is 4.52. The lowest BCUT2D eigenvalue weighted by Gasteiger charge is -2.06. The average molecular weight is 252 g/mol. The summed E-state index contributed by atoms with van der Waals surface area (Å²) in [4.78, 5) is 0. The summed E-state index contributed by atoms with van der Waals surface area (Å²) in [5, 5.41) is 16.5. The molecule has 0 aliphatic rings. The fourth-order valence-electron chi connectivity index (χ4n) is 2.36. The highest BCUT2D eigenvalue weighted by atomic mass is 16.3. The molecule has 3 nitrogen and oxygen atoms in total. The van der Waals surface area contributed by atoms with Crippen molar-refractivity contribution in [2.24, 2.45) is 0 Å². The maximum atomic E-state index is 9.64. The Bertz CT molecular complexity index is 728. The molecule has 3 heteroatoms. The van der Waals surface area contributed by atoms with Crippen molar-refractivity contribution < 1.29 is 5.11 Å². The van der Waals surface area contributed by atoms with Crippen molar-refractivity contribution in [3.63, 3.8) is 0 Å². The molecular weight excluding hydrogens is 236 g/mol. The van der Waals surface area contributed by atoms with Gasteiger partial charge in [0, 0.05) is 11.3 Å². The van der Waals surface area contributed by atoms with E-state index in [1.165, 1.54) is 10.8 Å². The van der Waals surface area contributed by atoms with Crippen molar-refractivity contribution in [1.82, 2.24) is 9.78 Å². The Labute approximate surface area is 112 Å². The van der Waals surface area contributed by atoms with Crippen LogP contribution in [0.25, 0.3) is 22.0 Å². The maximum Gasteiger partial charge on any atom is 0.144 e. The van der Waals surface area contributed by atoms with Crippen LogP contribution in [0.5, 0.6) is 0 Å². The molecule has 0 saturated carbocycles. The number of fused-ring (bicyclic) bond motifs is 1. The first-order valence-corrected chi connectivity index (χ1v) is 6.38. The van der Waals surface area contributed by atoms with Crippen LogP contribution >= 0.6 is 0 Å². The number of hydrogen-bond donors (Lipinski definition) is 1. The van der Waals surface area contributed by atoms with Gasteiger partial charge in [0.1, 0.15) is 6.23 Å². The molecule has 2 aromatic carbocycles. The molecule has 0 spiro atoms. The summed E-state index contributed by atoms with van der Waals surface area (Å²) in [5.74, 6) is 0. The highest BCUT2D eigenvalue weighted by molar-refractivity contribution is 5.86. The fourth-order valence-corrected chi connectivity index (χ4v) is 2.36. The second-order valence-corrected chi connectivity index (χ2v) is 4.81. The summed E-state index contributed by atoms with van der Waals surface area (Å²) in [5.41, 5.74) is 2.92. The van der Waals surface area contributed by atoms with E-state index < -0.39 is 6.23 Å². The first-order valence-electron chi connectivity index (χ1n) is 6.38. The molecule has 0 fully saturated rings. The number of aliphatic hydroxyl groups excluding tert-OH is 1. The molecule has 1 N–H and O–H groups in total. The number of benzene rings is 2. The predicted octanol–water partition coefficient (Wildman–Crippen LogP) is 3.52. The largest absolute Gasteiger partial charge is 0.372 e. The van der Waals surface area contributed by atoms with Crippen molar-refractivity contribution >= 4 is 10.8 Å². The summed E-state index contributed by atoms with van der Waals surface area (Å²) in [6.45, 7) is 3.66. The number of nitrogens with zero attached hydrogens (tertiary/aromatic N) is 2. The minimum atomic E-state index is -0.603. The molecule has 19 heavy (non-hydrogen) atoms. The molecule has 0 aliphatic carbocycles. The average Bonchev–Trinajstić information content (AvgIpc) is 2.80. The summed E-state index contributed by atoms with van der Waals surface area (Å²) in [6, 6.07) is 16.5. The van der Waals surface area contributed by atoms with E-state index in [-0.39, 0.29) is 0 Å². The highest BCUT2D eigenvalue weighted by Crippen LogP contribution is 2.24. The predicted molar refractivity (Wildman–Crippen MR) is 76.8 cm³/mol. The molecule has 3 rings (SSSR count). The molecule has 0 radical (unpaired) electrons. The van der Waals surface area contributed by atoms with E-state index in [2.05, 4.69) is 35.4 Å². The van der Waals surface area contributed by atoms with E-state index in [1.54, 1.807) is 11.6 Å². The third-order valence-corrected chi connectivity index (χ3v) is 3.32. The molecule has 0 saturated heterocycles. The Balaban J connectivity index is 2.11. The van der Waals surface area contributed by atoms with Crippen LogP contribution in [0.2, 0.25) is 0 Å². The molecule has 1 atom stereocenters. The van der Waals surface area contributed by atoms with Crippen LogP contribution in [-0.4, -0.2) is 14.9 Å². The van der Waals surface area contributed by atoms with E-state index in [0.717, 1.165) is 17.0 Å². The Morgan fingerprint density at radius 1 is 1.05 bits per heavy atom. The van der Waals surface area contributed by atoms with Crippen molar-refractivity contribution in [3.05, 3.63) is 54.2 Å². The number of aromatic nitrogens is 2. The van der Waals surface area contributed by atoms with Crippen LogP contribution in [0.1, 0.15) is 18.8 Å². The lowest BCUT2D eigenvalue weighted by molar-refractivity contribution is 0.108. The van der Waals surface area contributed by atoms with Gasteiger partial charge >= 0.3 is 0 Å². The Morgan fingerprint density at radius 2 is 1.79 bits per heavy atom. The third-order valence-electron chi connectivity index (χ3n) is 3.32. The van der Waals surface area contributed by atoms with Gasteiger partial charge in [0.15, 0.2) is 0 Å². The van der Waals surface area contributed by atoms with Gasteiger partial charge in [-0.25, -0.2) is 4.68 Å². The van der Waals surface area contributed by atoms with E-state index >= 15 is 0 Å². The van der Waals surface area contributed by atoms with E-state index in [1.807, 2.05) is 25.1 Å². The molecule has 0 amide bonds. The third kappa shape index (κ3) is 2.13. The zero-order valence-corrected chi connectivity index (χ0v) is 11.0. The van der Waals surface area contributed by atoms with Crippen LogP contribution in [0, 0.1) is 6.92 Å². The van der Waals surface area contributed by atoms with Crippen molar-refractivity contribution in [1.29, 1.82) is 0 Å². The molecule has 0 aliphatic heterocycles. The summed E-state index contributed by atoms with van der Waals surface area (Å²) in [6.07, 6.45) is -0.603. The zero-order valence-electron chi connectivity index (χ0n) is 11.0. The Kier molecular flexibility index (Phi) is 2.84. The lowest BCUT2D eigenvalue weighted by Crippen LogP contribution is -2.07. The number of rotatable bonds is 2. The maximum absolute atomic E-state index is 9.64.